The minimum Gasteiger partial charge on any atom is -0.325 e. The molecule has 1 N–H and O–H groups in total. The molecule has 0 aliphatic heterocycles. The molecule has 3 rings (SSSR count). The SMILES string of the molecule is O=C(CN(Cc1ccc(Br)cc1)S(=O)(=O)c1ccccc1)Nc1cccc(Br)c1. The molecule has 0 fully saturated rings. The second-order valence-corrected chi connectivity index (χ2v) is 10.0. The Morgan fingerprint density at radius 1 is 0.862 bits per heavy atom. The van der Waals surface area contributed by atoms with Crippen LogP contribution in [0.5, 0.6) is 0 Å². The summed E-state index contributed by atoms with van der Waals surface area (Å²) in [6.45, 7) is -0.226. The van der Waals surface area contributed by atoms with Crippen molar-refractivity contribution in [1.82, 2.24) is 4.31 Å². The van der Waals surface area contributed by atoms with Crippen molar-refractivity contribution in [1.29, 1.82) is 0 Å². The van der Waals surface area contributed by atoms with Crippen LogP contribution in [0.1, 0.15) is 5.56 Å². The summed E-state index contributed by atoms with van der Waals surface area (Å²) in [5.41, 5.74) is 1.37. The molecule has 0 atom stereocenters. The number of benzene rings is 3. The summed E-state index contributed by atoms with van der Waals surface area (Å²) in [6, 6.07) is 22.6. The van der Waals surface area contributed by atoms with E-state index in [-0.39, 0.29) is 18.0 Å². The normalized spacial score (nSPS) is 11.4. The highest BCUT2D eigenvalue weighted by molar-refractivity contribution is 9.10. The molecule has 150 valence electrons. The highest BCUT2D eigenvalue weighted by Gasteiger charge is 2.26. The number of sulfonamides is 1. The fraction of sp³-hybridized carbons (Fsp3) is 0.0952. The fourth-order valence-corrected chi connectivity index (χ4v) is 4.76. The maximum atomic E-state index is 13.2. The third kappa shape index (κ3) is 5.99. The summed E-state index contributed by atoms with van der Waals surface area (Å²) >= 11 is 6.73. The number of nitrogens with one attached hydrogen (secondary N) is 1. The first kappa shape index (κ1) is 21.7. The van der Waals surface area contributed by atoms with E-state index in [9.17, 15) is 13.2 Å². The first-order valence-electron chi connectivity index (χ1n) is 8.70. The monoisotopic (exact) mass is 536 g/mol. The number of halogens is 2. The summed E-state index contributed by atoms with van der Waals surface area (Å²) < 4.78 is 29.2. The fourth-order valence-electron chi connectivity index (χ4n) is 2.69. The molecule has 0 heterocycles. The van der Waals surface area contributed by atoms with Crippen molar-refractivity contribution in [2.45, 2.75) is 11.4 Å². The molecule has 0 saturated heterocycles. The van der Waals surface area contributed by atoms with Crippen LogP contribution in [-0.4, -0.2) is 25.2 Å². The number of rotatable bonds is 7. The molecule has 0 saturated carbocycles. The van der Waals surface area contributed by atoms with E-state index in [1.54, 1.807) is 36.4 Å². The molecule has 3 aromatic carbocycles. The number of anilines is 1. The lowest BCUT2D eigenvalue weighted by molar-refractivity contribution is -0.116. The zero-order valence-corrected chi connectivity index (χ0v) is 19.2. The van der Waals surface area contributed by atoms with E-state index in [4.69, 9.17) is 0 Å². The summed E-state index contributed by atoms with van der Waals surface area (Å²) in [7, 11) is -3.85. The van der Waals surface area contributed by atoms with Crippen molar-refractivity contribution in [2.75, 3.05) is 11.9 Å². The summed E-state index contributed by atoms with van der Waals surface area (Å²) in [6.07, 6.45) is 0. The standard InChI is InChI=1S/C21H18Br2N2O3S/c22-17-11-9-16(10-12-17)14-25(29(27,28)20-7-2-1-3-8-20)15-21(26)24-19-6-4-5-18(23)13-19/h1-13H,14-15H2,(H,24,26). The smallest absolute Gasteiger partial charge is 0.243 e. The highest BCUT2D eigenvalue weighted by atomic mass is 79.9. The molecular weight excluding hydrogens is 520 g/mol. The largest absolute Gasteiger partial charge is 0.325 e. The first-order chi connectivity index (χ1) is 13.8. The average Bonchev–Trinajstić information content (AvgIpc) is 2.70. The highest BCUT2D eigenvalue weighted by Crippen LogP contribution is 2.20. The lowest BCUT2D eigenvalue weighted by Gasteiger charge is -2.22. The van der Waals surface area contributed by atoms with Gasteiger partial charge in [-0.3, -0.25) is 4.79 Å². The predicted octanol–water partition coefficient (Wildman–Crippen LogP) is 5.04. The molecule has 0 aliphatic rings. The van der Waals surface area contributed by atoms with Gasteiger partial charge in [-0.15, -0.1) is 0 Å². The zero-order valence-electron chi connectivity index (χ0n) is 15.3. The van der Waals surface area contributed by atoms with E-state index < -0.39 is 15.9 Å². The lowest BCUT2D eigenvalue weighted by Crippen LogP contribution is -2.37. The Balaban J connectivity index is 1.85. The van der Waals surface area contributed by atoms with E-state index in [1.165, 1.54) is 16.4 Å². The van der Waals surface area contributed by atoms with Gasteiger partial charge in [0, 0.05) is 21.2 Å². The Labute approximate surface area is 187 Å². The minimum absolute atomic E-state index is 0.0798. The van der Waals surface area contributed by atoms with Crippen LogP contribution in [-0.2, 0) is 21.4 Å². The van der Waals surface area contributed by atoms with Gasteiger partial charge in [-0.25, -0.2) is 8.42 Å². The van der Waals surface area contributed by atoms with Gasteiger partial charge in [-0.2, -0.15) is 4.31 Å². The average molecular weight is 538 g/mol. The number of carbonyl (C=O) groups is 1. The topological polar surface area (TPSA) is 66.5 Å². The maximum Gasteiger partial charge on any atom is 0.243 e. The van der Waals surface area contributed by atoms with Crippen molar-refractivity contribution in [3.05, 3.63) is 93.4 Å². The molecule has 0 unspecified atom stereocenters. The number of amides is 1. The van der Waals surface area contributed by atoms with Crippen molar-refractivity contribution in [3.63, 3.8) is 0 Å². The molecule has 8 heteroatoms. The van der Waals surface area contributed by atoms with Gasteiger partial charge >= 0.3 is 0 Å². The summed E-state index contributed by atoms with van der Waals surface area (Å²) in [5.74, 6) is -0.417. The van der Waals surface area contributed by atoms with Crippen molar-refractivity contribution in [2.24, 2.45) is 0 Å². The van der Waals surface area contributed by atoms with Crippen LogP contribution in [0.15, 0.2) is 92.7 Å². The van der Waals surface area contributed by atoms with E-state index in [1.807, 2.05) is 30.3 Å². The number of carbonyl (C=O) groups excluding carboxylic acids is 1. The molecule has 0 bridgehead atoms. The van der Waals surface area contributed by atoms with Gasteiger partial charge in [-0.1, -0.05) is 68.3 Å². The predicted molar refractivity (Wildman–Crippen MR) is 121 cm³/mol. The van der Waals surface area contributed by atoms with Crippen molar-refractivity contribution < 1.29 is 13.2 Å². The van der Waals surface area contributed by atoms with Gasteiger partial charge in [0.15, 0.2) is 0 Å². The molecule has 1 amide bonds. The van der Waals surface area contributed by atoms with Gasteiger partial charge < -0.3 is 5.32 Å². The Bertz CT molecular complexity index is 1090. The van der Waals surface area contributed by atoms with Crippen LogP contribution < -0.4 is 5.32 Å². The molecule has 29 heavy (non-hydrogen) atoms. The lowest BCUT2D eigenvalue weighted by atomic mass is 10.2. The minimum atomic E-state index is -3.85. The Kier molecular flexibility index (Phi) is 7.23. The second kappa shape index (κ2) is 9.67. The second-order valence-electron chi connectivity index (χ2n) is 6.27. The summed E-state index contributed by atoms with van der Waals surface area (Å²) in [4.78, 5) is 12.8. The van der Waals surface area contributed by atoms with Crippen molar-refractivity contribution in [3.8, 4) is 0 Å². The Morgan fingerprint density at radius 3 is 2.21 bits per heavy atom. The number of nitrogens with zero attached hydrogens (tertiary/aromatic N) is 1. The number of hydrogen-bond acceptors (Lipinski definition) is 3. The Hall–Kier alpha value is -2.00. The van der Waals surface area contributed by atoms with Crippen LogP contribution in [0, 0.1) is 0 Å². The van der Waals surface area contributed by atoms with Crippen LogP contribution in [0.2, 0.25) is 0 Å². The third-order valence-electron chi connectivity index (χ3n) is 4.08. The Morgan fingerprint density at radius 2 is 1.55 bits per heavy atom. The van der Waals surface area contributed by atoms with Crippen LogP contribution >= 0.6 is 31.9 Å². The van der Waals surface area contributed by atoms with E-state index >= 15 is 0 Å². The zero-order chi connectivity index (χ0) is 20.9. The summed E-state index contributed by atoms with van der Waals surface area (Å²) in [5, 5.41) is 2.75. The molecule has 0 aromatic heterocycles. The van der Waals surface area contributed by atoms with Crippen LogP contribution in [0.25, 0.3) is 0 Å². The first-order valence-corrected chi connectivity index (χ1v) is 11.7. The van der Waals surface area contributed by atoms with E-state index in [2.05, 4.69) is 37.2 Å². The third-order valence-corrected chi connectivity index (χ3v) is 6.91. The van der Waals surface area contributed by atoms with E-state index in [0.717, 1.165) is 14.5 Å². The molecule has 0 spiro atoms. The molecule has 5 nitrogen and oxygen atoms in total. The van der Waals surface area contributed by atoms with Gasteiger partial charge in [0.1, 0.15) is 0 Å². The quantitative estimate of drug-likeness (QED) is 0.459. The van der Waals surface area contributed by atoms with Crippen LogP contribution in [0.4, 0.5) is 5.69 Å². The maximum absolute atomic E-state index is 13.2. The van der Waals surface area contributed by atoms with E-state index in [0.29, 0.717) is 5.69 Å². The van der Waals surface area contributed by atoms with Crippen LogP contribution in [0.3, 0.4) is 0 Å². The molecule has 3 aromatic rings. The van der Waals surface area contributed by atoms with Gasteiger partial charge in [0.2, 0.25) is 15.9 Å². The molecule has 0 radical (unpaired) electrons. The van der Waals surface area contributed by atoms with Crippen molar-refractivity contribution >= 4 is 53.5 Å². The molecule has 0 aliphatic carbocycles. The number of hydrogen-bond donors (Lipinski definition) is 1. The van der Waals surface area contributed by atoms with Gasteiger partial charge in [0.05, 0.1) is 11.4 Å². The molecular formula is C21H18Br2N2O3S. The van der Waals surface area contributed by atoms with Gasteiger partial charge in [0.25, 0.3) is 0 Å². The van der Waals surface area contributed by atoms with Gasteiger partial charge in [-0.05, 0) is 48.0 Å².